The van der Waals surface area contributed by atoms with Gasteiger partial charge in [0, 0.05) is 49.6 Å². The summed E-state index contributed by atoms with van der Waals surface area (Å²) in [6, 6.07) is 14.4. The molecule has 2 aromatic carbocycles. The standard InChI is InChI=1S/C39H56N6O6S/c1-25(2)34(42-38(50)51-23-29-24-52-37(40-29)26(3)4)36(49)41-31(19-27-11-9-8-10-12-27)33(47)22-45-18-17-44(20-28-13-15-30(46)16-14-28)21-32(45)35(48)43-39(5,6)7/h8-16,24-26,31-34,46-47H,17-23H2,1-7H3,(H,41,49)(H,42,50)(H,43,48)/t31-,32-,33+,34-/m0/s1. The molecule has 12 nitrogen and oxygen atoms in total. The second-order valence-corrected chi connectivity index (χ2v) is 16.2. The summed E-state index contributed by atoms with van der Waals surface area (Å²) in [5, 5.41) is 33.2. The number of benzene rings is 2. The zero-order chi connectivity index (χ0) is 38.0. The fourth-order valence-corrected chi connectivity index (χ4v) is 6.91. The van der Waals surface area contributed by atoms with Gasteiger partial charge in [-0.05, 0) is 56.4 Å². The molecule has 52 heavy (non-hydrogen) atoms. The maximum atomic E-state index is 13.8. The fraction of sp³-hybridized carbons (Fsp3) is 0.538. The van der Waals surface area contributed by atoms with E-state index >= 15 is 0 Å². The lowest BCUT2D eigenvalue weighted by atomic mass is 9.97. The summed E-state index contributed by atoms with van der Waals surface area (Å²) in [5.41, 5.74) is 2.13. The van der Waals surface area contributed by atoms with Crippen LogP contribution in [0.3, 0.4) is 0 Å². The molecule has 5 N–H and O–H groups in total. The van der Waals surface area contributed by atoms with Crippen LogP contribution in [0, 0.1) is 5.92 Å². The van der Waals surface area contributed by atoms with Crippen molar-refractivity contribution in [3.63, 3.8) is 0 Å². The van der Waals surface area contributed by atoms with Gasteiger partial charge >= 0.3 is 6.09 Å². The van der Waals surface area contributed by atoms with Crippen molar-refractivity contribution in [2.75, 3.05) is 26.2 Å². The summed E-state index contributed by atoms with van der Waals surface area (Å²) < 4.78 is 5.43. The SMILES string of the molecule is CC(C)c1nc(COC(=O)N[C@H](C(=O)N[C@@H](Cc2ccccc2)[C@H](O)CN2CCN(Cc3ccc(O)cc3)C[C@H]2C(=O)NC(C)(C)C)C(C)C)cs1. The predicted molar refractivity (Wildman–Crippen MR) is 203 cm³/mol. The molecule has 0 radical (unpaired) electrons. The van der Waals surface area contributed by atoms with Crippen LogP contribution in [0.1, 0.15) is 76.2 Å². The molecule has 4 rings (SSSR count). The number of amides is 3. The minimum atomic E-state index is -1.04. The molecule has 3 amide bonds. The largest absolute Gasteiger partial charge is 0.508 e. The first-order chi connectivity index (χ1) is 24.6. The maximum absolute atomic E-state index is 13.8. The van der Waals surface area contributed by atoms with Crippen molar-refractivity contribution in [1.29, 1.82) is 0 Å². The Bertz CT molecular complexity index is 1590. The molecule has 1 aliphatic rings. The van der Waals surface area contributed by atoms with Crippen LogP contribution in [0.2, 0.25) is 0 Å². The topological polar surface area (TPSA) is 156 Å². The summed E-state index contributed by atoms with van der Waals surface area (Å²) in [4.78, 5) is 49.1. The zero-order valence-corrected chi connectivity index (χ0v) is 32.3. The highest BCUT2D eigenvalue weighted by Gasteiger charge is 2.37. The van der Waals surface area contributed by atoms with Crippen LogP contribution < -0.4 is 16.0 Å². The van der Waals surface area contributed by atoms with Crippen molar-refractivity contribution in [2.24, 2.45) is 5.92 Å². The van der Waals surface area contributed by atoms with Gasteiger partial charge in [0.25, 0.3) is 0 Å². The molecule has 1 saturated heterocycles. The van der Waals surface area contributed by atoms with Crippen LogP contribution >= 0.6 is 11.3 Å². The monoisotopic (exact) mass is 736 g/mol. The molecule has 1 fully saturated rings. The average molecular weight is 737 g/mol. The third-order valence-electron chi connectivity index (χ3n) is 8.87. The molecule has 13 heteroatoms. The number of thiazole rings is 1. The Morgan fingerprint density at radius 3 is 2.29 bits per heavy atom. The number of alkyl carbamates (subject to hydrolysis) is 1. The highest BCUT2D eigenvalue weighted by Crippen LogP contribution is 2.21. The van der Waals surface area contributed by atoms with E-state index in [9.17, 15) is 24.6 Å². The van der Waals surface area contributed by atoms with Gasteiger partial charge in [0.05, 0.1) is 22.8 Å². The Balaban J connectivity index is 1.47. The van der Waals surface area contributed by atoms with E-state index in [1.54, 1.807) is 12.1 Å². The minimum absolute atomic E-state index is 0.0109. The molecular formula is C39H56N6O6S. The number of ether oxygens (including phenoxy) is 1. The zero-order valence-electron chi connectivity index (χ0n) is 31.5. The number of nitrogens with zero attached hydrogens (tertiary/aromatic N) is 3. The molecule has 0 unspecified atom stereocenters. The lowest BCUT2D eigenvalue weighted by Crippen LogP contribution is -2.63. The number of aromatic nitrogens is 1. The minimum Gasteiger partial charge on any atom is -0.508 e. The van der Waals surface area contributed by atoms with E-state index in [-0.39, 0.29) is 36.6 Å². The summed E-state index contributed by atoms with van der Waals surface area (Å²) in [7, 11) is 0. The van der Waals surface area contributed by atoms with Crippen molar-refractivity contribution in [1.82, 2.24) is 30.7 Å². The van der Waals surface area contributed by atoms with Crippen LogP contribution in [0.4, 0.5) is 4.79 Å². The van der Waals surface area contributed by atoms with Gasteiger partial charge in [0.2, 0.25) is 11.8 Å². The highest BCUT2D eigenvalue weighted by molar-refractivity contribution is 7.09. The van der Waals surface area contributed by atoms with Gasteiger partial charge in [-0.25, -0.2) is 9.78 Å². The predicted octanol–water partition coefficient (Wildman–Crippen LogP) is 4.41. The van der Waals surface area contributed by atoms with Crippen LogP contribution in [0.5, 0.6) is 5.75 Å². The number of rotatable bonds is 15. The molecule has 4 atom stereocenters. The number of hydrogen-bond donors (Lipinski definition) is 5. The number of aliphatic hydroxyl groups excluding tert-OH is 1. The Hall–Kier alpha value is -4.04. The normalized spacial score (nSPS) is 17.4. The Kier molecular flexibility index (Phi) is 14.6. The number of aromatic hydroxyl groups is 1. The molecule has 3 aromatic rings. The van der Waals surface area contributed by atoms with Crippen molar-refractivity contribution < 1.29 is 29.3 Å². The van der Waals surface area contributed by atoms with E-state index in [1.807, 2.05) is 101 Å². The van der Waals surface area contributed by atoms with Crippen molar-refractivity contribution in [2.45, 2.75) is 104 Å². The molecule has 1 aliphatic heterocycles. The lowest BCUT2D eigenvalue weighted by molar-refractivity contribution is -0.132. The molecule has 284 valence electrons. The van der Waals surface area contributed by atoms with Gasteiger partial charge in [-0.15, -0.1) is 11.3 Å². The van der Waals surface area contributed by atoms with Crippen molar-refractivity contribution >= 4 is 29.2 Å². The fourth-order valence-electron chi connectivity index (χ4n) is 6.09. The highest BCUT2D eigenvalue weighted by atomic mass is 32.1. The number of aliphatic hydroxyl groups is 1. The van der Waals surface area contributed by atoms with Crippen LogP contribution in [-0.4, -0.2) is 98.9 Å². The summed E-state index contributed by atoms with van der Waals surface area (Å²) >= 11 is 1.51. The smallest absolute Gasteiger partial charge is 0.408 e. The van der Waals surface area contributed by atoms with Gasteiger partial charge in [0.15, 0.2) is 0 Å². The Labute approximate surface area is 312 Å². The quantitative estimate of drug-likeness (QED) is 0.153. The summed E-state index contributed by atoms with van der Waals surface area (Å²) in [5.74, 6) is -0.387. The second-order valence-electron chi connectivity index (χ2n) is 15.3. The molecule has 0 spiro atoms. The molecule has 0 bridgehead atoms. The second kappa shape index (κ2) is 18.6. The van der Waals surface area contributed by atoms with Gasteiger partial charge in [-0.2, -0.15) is 0 Å². The third kappa shape index (κ3) is 12.6. The van der Waals surface area contributed by atoms with Gasteiger partial charge in [-0.3, -0.25) is 19.4 Å². The number of phenolic OH excluding ortho intramolecular Hbond substituents is 1. The summed E-state index contributed by atoms with van der Waals surface area (Å²) in [6.45, 7) is 15.9. The molecule has 0 aliphatic carbocycles. The Morgan fingerprint density at radius 1 is 0.981 bits per heavy atom. The van der Waals surface area contributed by atoms with Crippen LogP contribution in [0.15, 0.2) is 60.0 Å². The van der Waals surface area contributed by atoms with E-state index in [0.717, 1.165) is 16.1 Å². The maximum Gasteiger partial charge on any atom is 0.408 e. The lowest BCUT2D eigenvalue weighted by Gasteiger charge is -2.43. The molecule has 0 saturated carbocycles. The van der Waals surface area contributed by atoms with Gasteiger partial charge < -0.3 is 30.9 Å². The van der Waals surface area contributed by atoms with Gasteiger partial charge in [-0.1, -0.05) is 70.2 Å². The summed E-state index contributed by atoms with van der Waals surface area (Å²) in [6.07, 6.45) is -1.44. The molecule has 1 aromatic heterocycles. The number of carbonyl (C=O) groups is 3. The van der Waals surface area contributed by atoms with E-state index in [2.05, 4.69) is 25.8 Å². The Morgan fingerprint density at radius 2 is 1.67 bits per heavy atom. The van der Waals surface area contributed by atoms with Gasteiger partial charge in [0.1, 0.15) is 24.4 Å². The van der Waals surface area contributed by atoms with Crippen molar-refractivity contribution in [3.8, 4) is 5.75 Å². The van der Waals surface area contributed by atoms with E-state index in [4.69, 9.17) is 4.74 Å². The van der Waals surface area contributed by atoms with Crippen LogP contribution in [0.25, 0.3) is 0 Å². The van der Waals surface area contributed by atoms with Crippen molar-refractivity contribution in [3.05, 3.63) is 81.8 Å². The molecule has 2 heterocycles. The first-order valence-electron chi connectivity index (χ1n) is 18.0. The van der Waals surface area contributed by atoms with Crippen LogP contribution in [-0.2, 0) is 33.9 Å². The number of β-amino-alcohol motifs (C(OH)–C–C–N with tert-alkyl or cyclic N) is 1. The first-order valence-corrected chi connectivity index (χ1v) is 18.9. The number of phenols is 1. The average Bonchev–Trinajstić information content (AvgIpc) is 3.57. The van der Waals surface area contributed by atoms with E-state index < -0.39 is 41.8 Å². The number of piperazine rings is 1. The first kappa shape index (κ1) is 40.7. The number of carbonyl (C=O) groups excluding carboxylic acids is 3. The van der Waals surface area contributed by atoms with E-state index in [0.29, 0.717) is 38.3 Å². The van der Waals surface area contributed by atoms with E-state index in [1.165, 1.54) is 11.3 Å². The number of hydrogen-bond acceptors (Lipinski definition) is 10. The third-order valence-corrected chi connectivity index (χ3v) is 10.1. The number of nitrogens with one attached hydrogen (secondary N) is 3. The molecular weight excluding hydrogens is 681 g/mol.